The minimum Gasteiger partial charge on any atom is -0.493 e. The number of benzene rings is 2. The summed E-state index contributed by atoms with van der Waals surface area (Å²) in [5.74, 6) is 1.90. The molecular formula is C29H43NO5Si. The van der Waals surface area contributed by atoms with Crippen LogP contribution in [0, 0.1) is 10.8 Å². The number of carbonyl (C=O) groups is 1. The molecule has 1 heterocycles. The fraction of sp³-hybridized carbons (Fsp3) is 0.552. The first-order valence-corrected chi connectivity index (χ1v) is 15.6. The van der Waals surface area contributed by atoms with Gasteiger partial charge >= 0.3 is 0 Å². The van der Waals surface area contributed by atoms with Crippen LogP contribution in [-0.2, 0) is 22.2 Å². The Bertz CT molecular complexity index is 995. The van der Waals surface area contributed by atoms with E-state index < -0.39 is 14.5 Å². The first-order chi connectivity index (χ1) is 17.0. The quantitative estimate of drug-likeness (QED) is 0.373. The monoisotopic (exact) mass is 513 g/mol. The van der Waals surface area contributed by atoms with Crippen LogP contribution in [0.4, 0.5) is 0 Å². The maximum Gasteiger partial charge on any atom is 0.232 e. The van der Waals surface area contributed by atoms with E-state index in [1.807, 2.05) is 35.2 Å². The van der Waals surface area contributed by atoms with E-state index in [0.717, 1.165) is 18.4 Å². The molecule has 1 fully saturated rings. The average Bonchev–Trinajstić information content (AvgIpc) is 3.13. The van der Waals surface area contributed by atoms with Gasteiger partial charge in [0.15, 0.2) is 20.5 Å². The average molecular weight is 514 g/mol. The van der Waals surface area contributed by atoms with Gasteiger partial charge in [-0.3, -0.25) is 4.79 Å². The molecule has 2 atom stereocenters. The Morgan fingerprint density at radius 1 is 0.972 bits per heavy atom. The standard InChI is InChI=1S/C29H43NO5Si/c1-28(2,3)19-25(35-36(7)8)29(18-21-12-10-9-11-13-21)14-15-30(27(29)31)20-22-16-23(32-4)26(34-6)24(17-22)33-5/h9-13,16-17,25,36H,14-15,18-20H2,1-8H3. The summed E-state index contributed by atoms with van der Waals surface area (Å²) in [5.41, 5.74) is 1.57. The summed E-state index contributed by atoms with van der Waals surface area (Å²) in [6.45, 7) is 12.2. The zero-order valence-electron chi connectivity index (χ0n) is 23.2. The highest BCUT2D eigenvalue weighted by Gasteiger charge is 2.53. The third-order valence-corrected chi connectivity index (χ3v) is 7.72. The van der Waals surface area contributed by atoms with Crippen molar-refractivity contribution in [1.82, 2.24) is 4.90 Å². The van der Waals surface area contributed by atoms with Crippen molar-refractivity contribution in [3.05, 3.63) is 53.6 Å². The lowest BCUT2D eigenvalue weighted by Crippen LogP contribution is -2.48. The number of likely N-dealkylation sites (tertiary alicyclic amines) is 1. The molecule has 0 aromatic heterocycles. The third-order valence-electron chi connectivity index (χ3n) is 6.85. The predicted molar refractivity (Wildman–Crippen MR) is 147 cm³/mol. The van der Waals surface area contributed by atoms with Gasteiger partial charge in [0, 0.05) is 13.1 Å². The van der Waals surface area contributed by atoms with Crippen LogP contribution in [0.15, 0.2) is 42.5 Å². The van der Waals surface area contributed by atoms with Crippen molar-refractivity contribution in [2.24, 2.45) is 10.8 Å². The van der Waals surface area contributed by atoms with Gasteiger partial charge in [0.2, 0.25) is 11.7 Å². The van der Waals surface area contributed by atoms with Crippen LogP contribution in [-0.4, -0.2) is 53.8 Å². The molecular weight excluding hydrogens is 470 g/mol. The van der Waals surface area contributed by atoms with E-state index >= 15 is 0 Å². The van der Waals surface area contributed by atoms with Crippen LogP contribution in [0.5, 0.6) is 17.2 Å². The summed E-state index contributed by atoms with van der Waals surface area (Å²) in [5, 5.41) is 0. The molecule has 3 rings (SSSR count). The van der Waals surface area contributed by atoms with Gasteiger partial charge in [-0.1, -0.05) is 51.1 Å². The molecule has 0 N–H and O–H groups in total. The Balaban J connectivity index is 1.99. The maximum atomic E-state index is 14.4. The first-order valence-electron chi connectivity index (χ1n) is 12.8. The van der Waals surface area contributed by atoms with E-state index in [4.69, 9.17) is 18.6 Å². The van der Waals surface area contributed by atoms with Gasteiger partial charge in [-0.25, -0.2) is 0 Å². The van der Waals surface area contributed by atoms with E-state index in [0.29, 0.717) is 36.8 Å². The number of methoxy groups -OCH3 is 3. The van der Waals surface area contributed by atoms with E-state index in [2.05, 4.69) is 46.0 Å². The normalized spacial score (nSPS) is 19.0. The maximum absolute atomic E-state index is 14.4. The molecule has 1 saturated heterocycles. The molecule has 6 nitrogen and oxygen atoms in total. The number of carbonyl (C=O) groups excluding carboxylic acids is 1. The Kier molecular flexibility index (Phi) is 9.11. The van der Waals surface area contributed by atoms with Crippen molar-refractivity contribution < 1.29 is 23.4 Å². The van der Waals surface area contributed by atoms with Gasteiger partial charge in [0.1, 0.15) is 0 Å². The summed E-state index contributed by atoms with van der Waals surface area (Å²) in [7, 11) is 3.42. The summed E-state index contributed by atoms with van der Waals surface area (Å²) < 4.78 is 23.3. The van der Waals surface area contributed by atoms with Gasteiger partial charge in [-0.05, 0) is 61.0 Å². The molecule has 7 heteroatoms. The molecule has 0 radical (unpaired) electrons. The zero-order chi connectivity index (χ0) is 26.5. The summed E-state index contributed by atoms with van der Waals surface area (Å²) in [4.78, 5) is 16.3. The summed E-state index contributed by atoms with van der Waals surface area (Å²) >= 11 is 0. The number of nitrogens with zero attached hydrogens (tertiary/aromatic N) is 1. The highest BCUT2D eigenvalue weighted by atomic mass is 28.3. The van der Waals surface area contributed by atoms with Crippen molar-refractivity contribution in [2.75, 3.05) is 27.9 Å². The number of ether oxygens (including phenoxy) is 3. The van der Waals surface area contributed by atoms with E-state index in [1.54, 1.807) is 21.3 Å². The molecule has 2 aromatic carbocycles. The van der Waals surface area contributed by atoms with Crippen LogP contribution in [0.2, 0.25) is 13.1 Å². The molecule has 0 saturated carbocycles. The minimum absolute atomic E-state index is 0.0437. The lowest BCUT2D eigenvalue weighted by Gasteiger charge is -2.40. The topological polar surface area (TPSA) is 57.2 Å². The second-order valence-electron chi connectivity index (χ2n) is 11.3. The number of rotatable bonds is 11. The lowest BCUT2D eigenvalue weighted by molar-refractivity contribution is -0.142. The summed E-state index contributed by atoms with van der Waals surface area (Å²) in [6, 6.07) is 14.2. The van der Waals surface area contributed by atoms with Crippen LogP contribution < -0.4 is 14.2 Å². The van der Waals surface area contributed by atoms with Crippen LogP contribution in [0.25, 0.3) is 0 Å². The molecule has 1 aliphatic heterocycles. The molecule has 2 unspecified atom stereocenters. The predicted octanol–water partition coefficient (Wildman–Crippen LogP) is 5.48. The van der Waals surface area contributed by atoms with Gasteiger partial charge in [-0.15, -0.1) is 0 Å². The molecule has 0 bridgehead atoms. The Morgan fingerprint density at radius 2 is 1.58 bits per heavy atom. The Hall–Kier alpha value is -2.51. The van der Waals surface area contributed by atoms with Gasteiger partial charge in [0.25, 0.3) is 0 Å². The smallest absolute Gasteiger partial charge is 0.232 e. The first kappa shape index (κ1) is 28.1. The van der Waals surface area contributed by atoms with Crippen molar-refractivity contribution in [3.8, 4) is 17.2 Å². The van der Waals surface area contributed by atoms with Crippen LogP contribution in [0.1, 0.15) is 44.7 Å². The molecule has 2 aromatic rings. The SMILES string of the molecule is COc1cc(CN2CCC(Cc3ccccc3)(C(CC(C)(C)C)O[SiH](C)C)C2=O)cc(OC)c1OC. The van der Waals surface area contributed by atoms with Gasteiger partial charge in [0.05, 0.1) is 32.8 Å². The Morgan fingerprint density at radius 3 is 2.08 bits per heavy atom. The Labute approximate surface area is 218 Å². The lowest BCUT2D eigenvalue weighted by atomic mass is 9.70. The molecule has 1 amide bonds. The summed E-state index contributed by atoms with van der Waals surface area (Å²) in [6.07, 6.45) is 2.17. The van der Waals surface area contributed by atoms with Crippen molar-refractivity contribution in [2.45, 2.75) is 65.8 Å². The van der Waals surface area contributed by atoms with E-state index in [-0.39, 0.29) is 17.4 Å². The van der Waals surface area contributed by atoms with Crippen molar-refractivity contribution >= 4 is 14.9 Å². The second kappa shape index (κ2) is 11.7. The zero-order valence-corrected chi connectivity index (χ0v) is 24.4. The van der Waals surface area contributed by atoms with Crippen molar-refractivity contribution in [1.29, 1.82) is 0 Å². The second-order valence-corrected chi connectivity index (χ2v) is 13.6. The molecule has 36 heavy (non-hydrogen) atoms. The van der Waals surface area contributed by atoms with Crippen LogP contribution >= 0.6 is 0 Å². The fourth-order valence-electron chi connectivity index (χ4n) is 5.25. The number of amides is 1. The highest BCUT2D eigenvalue weighted by molar-refractivity contribution is 6.48. The van der Waals surface area contributed by atoms with E-state index in [1.165, 1.54) is 5.56 Å². The fourth-order valence-corrected chi connectivity index (χ4v) is 6.26. The van der Waals surface area contributed by atoms with Gasteiger partial charge < -0.3 is 23.5 Å². The number of hydrogen-bond acceptors (Lipinski definition) is 5. The van der Waals surface area contributed by atoms with E-state index in [9.17, 15) is 4.79 Å². The minimum atomic E-state index is -1.39. The van der Waals surface area contributed by atoms with Gasteiger partial charge in [-0.2, -0.15) is 0 Å². The molecule has 198 valence electrons. The largest absolute Gasteiger partial charge is 0.493 e. The molecule has 0 spiro atoms. The molecule has 0 aliphatic carbocycles. The van der Waals surface area contributed by atoms with Crippen molar-refractivity contribution in [3.63, 3.8) is 0 Å². The highest BCUT2D eigenvalue weighted by Crippen LogP contribution is 2.45. The molecule has 1 aliphatic rings. The number of hydrogen-bond donors (Lipinski definition) is 0. The third kappa shape index (κ3) is 6.43. The van der Waals surface area contributed by atoms with Crippen LogP contribution in [0.3, 0.4) is 0 Å².